The van der Waals surface area contributed by atoms with Crippen molar-refractivity contribution in [2.24, 2.45) is 0 Å². The minimum absolute atomic E-state index is 0.0335. The molecule has 1 heterocycles. The summed E-state index contributed by atoms with van der Waals surface area (Å²) in [5.41, 5.74) is -0.684. The van der Waals surface area contributed by atoms with Gasteiger partial charge in [-0.3, -0.25) is 29.9 Å². The van der Waals surface area contributed by atoms with E-state index in [0.29, 0.717) is 0 Å². The first-order valence-electron chi connectivity index (χ1n) is 6.75. The Balaban J connectivity index is 2.55. The van der Waals surface area contributed by atoms with Crippen LogP contribution in [0.25, 0.3) is 6.08 Å². The number of carbonyl (C=O) groups is 2. The van der Waals surface area contributed by atoms with E-state index in [1.807, 2.05) is 0 Å². The van der Waals surface area contributed by atoms with Gasteiger partial charge < -0.3 is 9.84 Å². The maximum Gasteiger partial charge on any atom is 0.315 e. The lowest BCUT2D eigenvalue weighted by Crippen LogP contribution is -2.52. The molecule has 0 bridgehead atoms. The van der Waals surface area contributed by atoms with E-state index in [4.69, 9.17) is 17.0 Å². The van der Waals surface area contributed by atoms with Crippen LogP contribution in [0, 0.1) is 10.1 Å². The number of nitrogens with one attached hydrogen (secondary N) is 1. The van der Waals surface area contributed by atoms with Crippen molar-refractivity contribution in [2.45, 2.75) is 6.92 Å². The second-order valence-electron chi connectivity index (χ2n) is 4.76. The predicted molar refractivity (Wildman–Crippen MR) is 87.4 cm³/mol. The summed E-state index contributed by atoms with van der Waals surface area (Å²) in [4.78, 5) is 35.4. The molecule has 0 saturated carbocycles. The molecule has 2 N–H and O–H groups in total. The van der Waals surface area contributed by atoms with Gasteiger partial charge in [0.2, 0.25) is 5.75 Å². The van der Waals surface area contributed by atoms with Gasteiger partial charge >= 0.3 is 5.69 Å². The molecular formula is C14H13N3O6S. The lowest BCUT2D eigenvalue weighted by atomic mass is 10.1. The van der Waals surface area contributed by atoms with Crippen molar-refractivity contribution in [3.8, 4) is 11.5 Å². The summed E-state index contributed by atoms with van der Waals surface area (Å²) in [6, 6.07) is 2.34. The Labute approximate surface area is 141 Å². The molecule has 10 heteroatoms. The number of phenolic OH excluding ortho intramolecular Hbond substituents is 1. The number of nitro groups is 1. The number of ether oxygens (including phenoxy) is 1. The SMILES string of the molecule is CCOc1cc(/C=C2\C(=O)NC(=S)N(C)C2=O)cc([N+](=O)[O-])c1O. The average Bonchev–Trinajstić information content (AvgIpc) is 2.52. The number of carbonyl (C=O) groups excluding carboxylic acids is 2. The molecule has 2 rings (SSSR count). The van der Waals surface area contributed by atoms with Gasteiger partial charge in [-0.1, -0.05) is 0 Å². The topological polar surface area (TPSA) is 122 Å². The Kier molecular flexibility index (Phi) is 4.79. The van der Waals surface area contributed by atoms with E-state index >= 15 is 0 Å². The fraction of sp³-hybridized carbons (Fsp3) is 0.214. The number of nitro benzene ring substituents is 1. The molecule has 1 aromatic carbocycles. The highest BCUT2D eigenvalue weighted by atomic mass is 32.1. The number of thiocarbonyl (C=S) groups is 1. The van der Waals surface area contributed by atoms with Gasteiger partial charge in [-0.25, -0.2) is 0 Å². The number of rotatable bonds is 4. The molecule has 0 spiro atoms. The third kappa shape index (κ3) is 3.18. The maximum absolute atomic E-state index is 12.1. The Bertz CT molecular complexity index is 789. The van der Waals surface area contributed by atoms with Gasteiger partial charge in [-0.05, 0) is 36.8 Å². The number of likely N-dealkylation sites (N-methyl/N-ethyl adjacent to an activating group) is 1. The van der Waals surface area contributed by atoms with Gasteiger partial charge in [0.05, 0.1) is 11.5 Å². The van der Waals surface area contributed by atoms with E-state index in [1.165, 1.54) is 19.2 Å². The molecule has 126 valence electrons. The quantitative estimate of drug-likeness (QED) is 0.272. The van der Waals surface area contributed by atoms with Crippen LogP contribution in [-0.4, -0.2) is 45.5 Å². The number of nitrogens with zero attached hydrogens (tertiary/aromatic N) is 2. The Morgan fingerprint density at radius 3 is 2.71 bits per heavy atom. The van der Waals surface area contributed by atoms with Crippen molar-refractivity contribution in [3.05, 3.63) is 33.4 Å². The smallest absolute Gasteiger partial charge is 0.315 e. The normalized spacial score (nSPS) is 16.3. The zero-order valence-corrected chi connectivity index (χ0v) is 13.5. The van der Waals surface area contributed by atoms with Crippen molar-refractivity contribution >= 4 is 40.9 Å². The molecule has 0 atom stereocenters. The van der Waals surface area contributed by atoms with Crippen LogP contribution >= 0.6 is 12.2 Å². The lowest BCUT2D eigenvalue weighted by molar-refractivity contribution is -0.386. The van der Waals surface area contributed by atoms with Crippen molar-refractivity contribution in [3.63, 3.8) is 0 Å². The van der Waals surface area contributed by atoms with Gasteiger partial charge in [0.25, 0.3) is 11.8 Å². The number of hydrogen-bond acceptors (Lipinski definition) is 7. The van der Waals surface area contributed by atoms with E-state index in [1.54, 1.807) is 6.92 Å². The minimum atomic E-state index is -0.788. The van der Waals surface area contributed by atoms with Crippen LogP contribution in [0.1, 0.15) is 12.5 Å². The third-order valence-electron chi connectivity index (χ3n) is 3.19. The highest BCUT2D eigenvalue weighted by molar-refractivity contribution is 7.80. The van der Waals surface area contributed by atoms with Crippen molar-refractivity contribution in [2.75, 3.05) is 13.7 Å². The molecule has 1 aromatic rings. The highest BCUT2D eigenvalue weighted by Crippen LogP contribution is 2.37. The maximum atomic E-state index is 12.1. The Morgan fingerprint density at radius 2 is 2.12 bits per heavy atom. The van der Waals surface area contributed by atoms with Crippen LogP contribution in [0.5, 0.6) is 11.5 Å². The second kappa shape index (κ2) is 6.62. The van der Waals surface area contributed by atoms with Crippen molar-refractivity contribution in [1.82, 2.24) is 10.2 Å². The molecular weight excluding hydrogens is 338 g/mol. The molecule has 0 aromatic heterocycles. The summed E-state index contributed by atoms with van der Waals surface area (Å²) in [6.45, 7) is 1.81. The monoisotopic (exact) mass is 351 g/mol. The molecule has 24 heavy (non-hydrogen) atoms. The van der Waals surface area contributed by atoms with Gasteiger partial charge in [0, 0.05) is 13.1 Å². The number of phenols is 1. The first-order chi connectivity index (χ1) is 11.3. The van der Waals surface area contributed by atoms with Gasteiger partial charge in [-0.15, -0.1) is 0 Å². The average molecular weight is 351 g/mol. The largest absolute Gasteiger partial charge is 0.500 e. The number of hydrogen-bond donors (Lipinski definition) is 2. The summed E-state index contributed by atoms with van der Waals surface area (Å²) in [5, 5.41) is 23.2. The molecule has 2 amide bonds. The molecule has 0 aliphatic carbocycles. The third-order valence-corrected chi connectivity index (χ3v) is 3.57. The Morgan fingerprint density at radius 1 is 1.46 bits per heavy atom. The molecule has 1 saturated heterocycles. The molecule has 0 radical (unpaired) electrons. The van der Waals surface area contributed by atoms with Crippen molar-refractivity contribution in [1.29, 1.82) is 0 Å². The van der Waals surface area contributed by atoms with E-state index in [0.717, 1.165) is 11.0 Å². The summed E-state index contributed by atoms with van der Waals surface area (Å²) in [6.07, 6.45) is 1.17. The van der Waals surface area contributed by atoms with Crippen LogP contribution in [-0.2, 0) is 9.59 Å². The fourth-order valence-electron chi connectivity index (χ4n) is 2.01. The molecule has 1 aliphatic rings. The van der Waals surface area contributed by atoms with Crippen molar-refractivity contribution < 1.29 is 24.4 Å². The van der Waals surface area contributed by atoms with E-state index in [9.17, 15) is 24.8 Å². The number of amides is 2. The van der Waals surface area contributed by atoms with Gasteiger partial charge in [-0.2, -0.15) is 0 Å². The van der Waals surface area contributed by atoms with E-state index in [-0.39, 0.29) is 28.6 Å². The summed E-state index contributed by atoms with van der Waals surface area (Å²) < 4.78 is 5.15. The standard InChI is InChI=1S/C14H13N3O6S/c1-3-23-10-6-7(5-9(11(10)18)17(21)22)4-8-12(19)15-14(24)16(2)13(8)20/h4-6,18H,3H2,1-2H3,(H,15,19,24)/b8-4+. The molecule has 9 nitrogen and oxygen atoms in total. The zero-order valence-electron chi connectivity index (χ0n) is 12.7. The highest BCUT2D eigenvalue weighted by Gasteiger charge is 2.31. The zero-order chi connectivity index (χ0) is 18.0. The van der Waals surface area contributed by atoms with Crippen LogP contribution in [0.3, 0.4) is 0 Å². The molecule has 1 fully saturated rings. The summed E-state index contributed by atoms with van der Waals surface area (Å²) in [5.74, 6) is -2.10. The number of benzene rings is 1. The first-order valence-corrected chi connectivity index (χ1v) is 7.16. The first kappa shape index (κ1) is 17.3. The van der Waals surface area contributed by atoms with Crippen LogP contribution in [0.4, 0.5) is 5.69 Å². The Hall–Kier alpha value is -3.01. The molecule has 0 unspecified atom stereocenters. The summed E-state index contributed by atoms with van der Waals surface area (Å²) in [7, 11) is 1.39. The van der Waals surface area contributed by atoms with E-state index in [2.05, 4.69) is 5.32 Å². The van der Waals surface area contributed by atoms with Crippen LogP contribution in [0.2, 0.25) is 0 Å². The second-order valence-corrected chi connectivity index (χ2v) is 5.15. The van der Waals surface area contributed by atoms with Crippen LogP contribution in [0.15, 0.2) is 17.7 Å². The predicted octanol–water partition coefficient (Wildman–Crippen LogP) is 0.956. The van der Waals surface area contributed by atoms with E-state index < -0.39 is 28.2 Å². The minimum Gasteiger partial charge on any atom is -0.500 e. The molecule has 1 aliphatic heterocycles. The lowest BCUT2D eigenvalue weighted by Gasteiger charge is -2.25. The number of aromatic hydroxyl groups is 1. The van der Waals surface area contributed by atoms with Crippen LogP contribution < -0.4 is 10.1 Å². The summed E-state index contributed by atoms with van der Waals surface area (Å²) >= 11 is 4.83. The van der Waals surface area contributed by atoms with Gasteiger partial charge in [0.15, 0.2) is 10.9 Å². The fourth-order valence-corrected chi connectivity index (χ4v) is 2.19. The van der Waals surface area contributed by atoms with Gasteiger partial charge in [0.1, 0.15) is 5.57 Å².